The highest BCUT2D eigenvalue weighted by Crippen LogP contribution is 2.24. The Hall–Kier alpha value is -1.62. The van der Waals surface area contributed by atoms with Crippen LogP contribution in [0.3, 0.4) is 0 Å². The van der Waals surface area contributed by atoms with Crippen LogP contribution in [0.1, 0.15) is 18.9 Å². The number of methoxy groups -OCH3 is 1. The van der Waals surface area contributed by atoms with Gasteiger partial charge in [0, 0.05) is 25.4 Å². The van der Waals surface area contributed by atoms with Crippen LogP contribution in [0, 0.1) is 5.41 Å². The molecule has 2 heterocycles. The van der Waals surface area contributed by atoms with Crippen molar-refractivity contribution in [3.8, 4) is 5.88 Å². The minimum Gasteiger partial charge on any atom is -0.481 e. The molecule has 1 amide bonds. The molecule has 0 aromatic carbocycles. The Morgan fingerprint density at radius 3 is 3.17 bits per heavy atom. The number of rotatable bonds is 4. The number of pyridine rings is 1. The molecular weight excluding hydrogens is 230 g/mol. The molecule has 5 heteroatoms. The third-order valence-electron chi connectivity index (χ3n) is 3.38. The van der Waals surface area contributed by atoms with Gasteiger partial charge in [0.25, 0.3) is 0 Å². The van der Waals surface area contributed by atoms with Gasteiger partial charge in [-0.05, 0) is 31.5 Å². The molecule has 1 atom stereocenters. The quantitative estimate of drug-likeness (QED) is 0.825. The van der Waals surface area contributed by atoms with Crippen LogP contribution in [0.5, 0.6) is 5.88 Å². The maximum atomic E-state index is 12.1. The number of aromatic nitrogens is 1. The van der Waals surface area contributed by atoms with E-state index in [-0.39, 0.29) is 11.3 Å². The van der Waals surface area contributed by atoms with E-state index < -0.39 is 0 Å². The van der Waals surface area contributed by atoms with Crippen LogP contribution < -0.4 is 15.4 Å². The molecule has 1 unspecified atom stereocenters. The zero-order valence-electron chi connectivity index (χ0n) is 10.8. The van der Waals surface area contributed by atoms with E-state index in [0.29, 0.717) is 12.4 Å². The van der Waals surface area contributed by atoms with Crippen molar-refractivity contribution in [1.29, 1.82) is 0 Å². The lowest BCUT2D eigenvalue weighted by Gasteiger charge is -2.21. The van der Waals surface area contributed by atoms with Crippen molar-refractivity contribution in [2.45, 2.75) is 19.9 Å². The van der Waals surface area contributed by atoms with Crippen molar-refractivity contribution < 1.29 is 9.53 Å². The second-order valence-corrected chi connectivity index (χ2v) is 4.88. The molecule has 1 aromatic heterocycles. The lowest BCUT2D eigenvalue weighted by Crippen LogP contribution is -2.40. The molecule has 0 saturated carbocycles. The average molecular weight is 249 g/mol. The van der Waals surface area contributed by atoms with Crippen LogP contribution in [0.4, 0.5) is 0 Å². The first kappa shape index (κ1) is 12.8. The number of carbonyl (C=O) groups excluding carboxylic acids is 1. The summed E-state index contributed by atoms with van der Waals surface area (Å²) in [5.41, 5.74) is 0.710. The third-order valence-corrected chi connectivity index (χ3v) is 3.38. The van der Waals surface area contributed by atoms with Gasteiger partial charge in [0.15, 0.2) is 0 Å². The molecule has 1 fully saturated rings. The molecule has 2 rings (SSSR count). The third kappa shape index (κ3) is 2.79. The lowest BCUT2D eigenvalue weighted by molar-refractivity contribution is -0.129. The topological polar surface area (TPSA) is 63.2 Å². The number of ether oxygens (including phenoxy) is 1. The van der Waals surface area contributed by atoms with Crippen molar-refractivity contribution in [3.63, 3.8) is 0 Å². The maximum Gasteiger partial charge on any atom is 0.227 e. The monoisotopic (exact) mass is 249 g/mol. The fourth-order valence-electron chi connectivity index (χ4n) is 2.08. The van der Waals surface area contributed by atoms with Gasteiger partial charge in [0.05, 0.1) is 12.5 Å². The number of nitrogens with one attached hydrogen (secondary N) is 2. The summed E-state index contributed by atoms with van der Waals surface area (Å²) in [6.07, 6.45) is 2.57. The van der Waals surface area contributed by atoms with E-state index in [4.69, 9.17) is 4.74 Å². The smallest absolute Gasteiger partial charge is 0.227 e. The molecule has 2 N–H and O–H groups in total. The van der Waals surface area contributed by atoms with Gasteiger partial charge in [-0.15, -0.1) is 0 Å². The highest BCUT2D eigenvalue weighted by Gasteiger charge is 2.35. The summed E-state index contributed by atoms with van der Waals surface area (Å²) in [5, 5.41) is 6.19. The number of amides is 1. The van der Waals surface area contributed by atoms with E-state index >= 15 is 0 Å². The van der Waals surface area contributed by atoms with E-state index in [1.165, 1.54) is 0 Å². The number of nitrogens with zero attached hydrogens (tertiary/aromatic N) is 1. The Labute approximate surface area is 107 Å². The van der Waals surface area contributed by atoms with Crippen molar-refractivity contribution in [2.75, 3.05) is 20.2 Å². The summed E-state index contributed by atoms with van der Waals surface area (Å²) in [5.74, 6) is 0.666. The predicted octanol–water partition coefficient (Wildman–Crippen LogP) is 0.706. The fourth-order valence-corrected chi connectivity index (χ4v) is 2.08. The van der Waals surface area contributed by atoms with Gasteiger partial charge in [-0.1, -0.05) is 0 Å². The summed E-state index contributed by atoms with van der Waals surface area (Å²) in [6.45, 7) is 4.16. The SMILES string of the molecule is COc1cc(CNC(=O)C2(C)CCNC2)ccn1. The fraction of sp³-hybridized carbons (Fsp3) is 0.538. The van der Waals surface area contributed by atoms with Crippen LogP contribution in [-0.2, 0) is 11.3 Å². The highest BCUT2D eigenvalue weighted by atomic mass is 16.5. The van der Waals surface area contributed by atoms with E-state index in [1.807, 2.05) is 19.1 Å². The first-order valence-electron chi connectivity index (χ1n) is 6.12. The number of hydrogen-bond donors (Lipinski definition) is 2. The molecule has 0 radical (unpaired) electrons. The van der Waals surface area contributed by atoms with Gasteiger partial charge < -0.3 is 15.4 Å². The largest absolute Gasteiger partial charge is 0.481 e. The van der Waals surface area contributed by atoms with Crippen LogP contribution >= 0.6 is 0 Å². The Kier molecular flexibility index (Phi) is 3.81. The van der Waals surface area contributed by atoms with Crippen molar-refractivity contribution in [1.82, 2.24) is 15.6 Å². The first-order valence-corrected chi connectivity index (χ1v) is 6.12. The summed E-state index contributed by atoms with van der Waals surface area (Å²) in [7, 11) is 1.58. The van der Waals surface area contributed by atoms with E-state index in [1.54, 1.807) is 13.3 Å². The highest BCUT2D eigenvalue weighted by molar-refractivity contribution is 5.82. The van der Waals surface area contributed by atoms with Crippen LogP contribution in [0.25, 0.3) is 0 Å². The molecular formula is C13H19N3O2. The minimum absolute atomic E-state index is 0.100. The summed E-state index contributed by atoms with van der Waals surface area (Å²) < 4.78 is 5.05. The Morgan fingerprint density at radius 2 is 2.50 bits per heavy atom. The molecule has 5 nitrogen and oxygen atoms in total. The molecule has 1 saturated heterocycles. The van der Waals surface area contributed by atoms with Gasteiger partial charge in [0.2, 0.25) is 11.8 Å². The average Bonchev–Trinajstić information content (AvgIpc) is 2.84. The number of hydrogen-bond acceptors (Lipinski definition) is 4. The molecule has 0 aliphatic carbocycles. The van der Waals surface area contributed by atoms with Gasteiger partial charge in [0.1, 0.15) is 0 Å². The zero-order valence-corrected chi connectivity index (χ0v) is 10.8. The summed E-state index contributed by atoms with van der Waals surface area (Å²) in [6, 6.07) is 3.70. The Morgan fingerprint density at radius 1 is 1.67 bits per heavy atom. The van der Waals surface area contributed by atoms with Gasteiger partial charge in [-0.2, -0.15) is 0 Å². The lowest BCUT2D eigenvalue weighted by atomic mass is 9.89. The Bertz CT molecular complexity index is 428. The molecule has 98 valence electrons. The van der Waals surface area contributed by atoms with Crippen LogP contribution in [0.15, 0.2) is 18.3 Å². The summed E-state index contributed by atoms with van der Waals surface area (Å²) >= 11 is 0. The minimum atomic E-state index is -0.281. The molecule has 1 aliphatic rings. The van der Waals surface area contributed by atoms with Crippen molar-refractivity contribution in [2.24, 2.45) is 5.41 Å². The molecule has 1 aromatic rings. The van der Waals surface area contributed by atoms with Crippen molar-refractivity contribution in [3.05, 3.63) is 23.9 Å². The van der Waals surface area contributed by atoms with Gasteiger partial charge in [-0.3, -0.25) is 4.79 Å². The predicted molar refractivity (Wildman–Crippen MR) is 68.2 cm³/mol. The number of carbonyl (C=O) groups is 1. The van der Waals surface area contributed by atoms with Gasteiger partial charge >= 0.3 is 0 Å². The molecule has 0 bridgehead atoms. The van der Waals surface area contributed by atoms with Crippen LogP contribution in [-0.4, -0.2) is 31.1 Å². The first-order chi connectivity index (χ1) is 8.64. The second kappa shape index (κ2) is 5.35. The second-order valence-electron chi connectivity index (χ2n) is 4.88. The maximum absolute atomic E-state index is 12.1. The normalized spacial score (nSPS) is 22.8. The zero-order chi connectivity index (χ0) is 13.0. The molecule has 1 aliphatic heterocycles. The standard InChI is InChI=1S/C13H19N3O2/c1-13(4-6-14-9-13)12(17)16-8-10-3-5-15-11(7-10)18-2/h3,5,7,14H,4,6,8-9H2,1-2H3,(H,16,17). The van der Waals surface area contributed by atoms with Gasteiger partial charge in [-0.25, -0.2) is 4.98 Å². The van der Waals surface area contributed by atoms with Crippen molar-refractivity contribution >= 4 is 5.91 Å². The Balaban J connectivity index is 1.92. The van der Waals surface area contributed by atoms with Crippen LogP contribution in [0.2, 0.25) is 0 Å². The van der Waals surface area contributed by atoms with E-state index in [2.05, 4.69) is 15.6 Å². The summed E-state index contributed by atoms with van der Waals surface area (Å²) in [4.78, 5) is 16.1. The van der Waals surface area contributed by atoms with E-state index in [0.717, 1.165) is 25.1 Å². The molecule has 18 heavy (non-hydrogen) atoms. The van der Waals surface area contributed by atoms with E-state index in [9.17, 15) is 4.79 Å². The molecule has 0 spiro atoms.